The average Bonchev–Trinajstić information content (AvgIpc) is 3.60. The highest BCUT2D eigenvalue weighted by atomic mass is 16.2. The molecule has 0 saturated heterocycles. The van der Waals surface area contributed by atoms with Gasteiger partial charge in [-0.3, -0.25) is 9.59 Å². The fourth-order valence-corrected chi connectivity index (χ4v) is 6.38. The van der Waals surface area contributed by atoms with Crippen LogP contribution in [0.3, 0.4) is 0 Å². The number of allylic oxidation sites excluding steroid dienone is 4. The molecule has 5 N–H and O–H groups in total. The molecule has 5 rings (SSSR count). The van der Waals surface area contributed by atoms with E-state index in [1.165, 1.54) is 10.4 Å². The van der Waals surface area contributed by atoms with Crippen LogP contribution >= 0.6 is 0 Å². The first kappa shape index (κ1) is 28.0. The lowest BCUT2D eigenvalue weighted by Crippen LogP contribution is -2.46. The van der Waals surface area contributed by atoms with Crippen molar-refractivity contribution in [1.29, 1.82) is 5.26 Å². The van der Waals surface area contributed by atoms with Crippen molar-refractivity contribution in [2.45, 2.75) is 56.5 Å². The fourth-order valence-electron chi connectivity index (χ4n) is 6.38. The largest absolute Gasteiger partial charge is 0.399 e. The molecule has 212 valence electrons. The summed E-state index contributed by atoms with van der Waals surface area (Å²) in [6.45, 7) is 6.51. The predicted octanol–water partition coefficient (Wildman–Crippen LogP) is 1.69. The maximum absolute atomic E-state index is 13.0. The lowest BCUT2D eigenvalue weighted by molar-refractivity contribution is -0.130. The van der Waals surface area contributed by atoms with E-state index in [9.17, 15) is 14.9 Å². The minimum Gasteiger partial charge on any atom is -0.399 e. The van der Waals surface area contributed by atoms with Gasteiger partial charge in [-0.05, 0) is 90.3 Å². The number of nitrogens with two attached hydrogens (primary N) is 2. The van der Waals surface area contributed by atoms with Crippen LogP contribution in [-0.2, 0) is 23.7 Å². The summed E-state index contributed by atoms with van der Waals surface area (Å²) < 4.78 is 0. The highest BCUT2D eigenvalue weighted by molar-refractivity contribution is 5.93. The van der Waals surface area contributed by atoms with Gasteiger partial charge in [0.15, 0.2) is 5.82 Å². The first-order chi connectivity index (χ1) is 19.6. The number of nitrogens with zero attached hydrogens (tertiary/aromatic N) is 6. The Morgan fingerprint density at radius 3 is 2.76 bits per heavy atom. The standard InChI is InChI=1S/C30H35N9O2/c1-18(34-17-27(40)39-12-4-5-24(39)16-31)15-30(29-35-37-38(3)36-29)25-10-8-20(19(2)32)13-21(25)6-7-22-14-23(28(33)41)9-11-26(22)30/h4-5,9,11,13-14,18,24,34H,2,6-8,10,12,15,17,32H2,1,3H3,(H2,33,41)/t18-,24-,30?/m0/s1. The summed E-state index contributed by atoms with van der Waals surface area (Å²) in [6.07, 6.45) is 9.12. The van der Waals surface area contributed by atoms with E-state index in [1.54, 1.807) is 24.1 Å². The lowest BCUT2D eigenvalue weighted by Gasteiger charge is -2.39. The molecule has 1 aromatic carbocycles. The second kappa shape index (κ2) is 11.1. The number of amides is 2. The van der Waals surface area contributed by atoms with E-state index in [0.717, 1.165) is 41.5 Å². The number of benzene rings is 1. The third-order valence-corrected chi connectivity index (χ3v) is 8.33. The van der Waals surface area contributed by atoms with Crippen LogP contribution in [0.2, 0.25) is 0 Å². The summed E-state index contributed by atoms with van der Waals surface area (Å²) in [5.74, 6) is -0.0709. The van der Waals surface area contributed by atoms with Gasteiger partial charge in [0.25, 0.3) is 0 Å². The third kappa shape index (κ3) is 5.18. The van der Waals surface area contributed by atoms with Crippen LogP contribution < -0.4 is 16.8 Å². The molecule has 41 heavy (non-hydrogen) atoms. The molecule has 11 heteroatoms. The number of tetrazole rings is 1. The zero-order valence-corrected chi connectivity index (χ0v) is 23.4. The first-order valence-electron chi connectivity index (χ1n) is 13.8. The van der Waals surface area contributed by atoms with E-state index in [4.69, 9.17) is 16.6 Å². The summed E-state index contributed by atoms with van der Waals surface area (Å²) in [5, 5.41) is 26.3. The van der Waals surface area contributed by atoms with Gasteiger partial charge in [-0.2, -0.15) is 10.1 Å². The number of aryl methyl sites for hydroxylation is 2. The molecule has 2 heterocycles. The molecule has 0 fully saturated rings. The molecule has 2 aromatic rings. The van der Waals surface area contributed by atoms with Gasteiger partial charge in [0, 0.05) is 23.8 Å². The second-order valence-electron chi connectivity index (χ2n) is 11.0. The number of rotatable bonds is 8. The number of primary amides is 1. The van der Waals surface area contributed by atoms with Gasteiger partial charge in [0.1, 0.15) is 6.04 Å². The number of hydrogen-bond donors (Lipinski definition) is 3. The number of nitriles is 1. The Morgan fingerprint density at radius 1 is 1.27 bits per heavy atom. The third-order valence-electron chi connectivity index (χ3n) is 8.33. The maximum Gasteiger partial charge on any atom is 0.248 e. The summed E-state index contributed by atoms with van der Waals surface area (Å²) >= 11 is 0. The van der Waals surface area contributed by atoms with Crippen LogP contribution in [0.1, 0.15) is 59.9 Å². The van der Waals surface area contributed by atoms with E-state index < -0.39 is 17.4 Å². The van der Waals surface area contributed by atoms with Crippen LogP contribution in [0.25, 0.3) is 0 Å². The Hall–Kier alpha value is -4.56. The summed E-state index contributed by atoms with van der Waals surface area (Å²) in [6, 6.07) is 7.05. The Morgan fingerprint density at radius 2 is 2.07 bits per heavy atom. The summed E-state index contributed by atoms with van der Waals surface area (Å²) in [4.78, 5) is 28.1. The lowest BCUT2D eigenvalue weighted by atomic mass is 9.65. The number of carbonyl (C=O) groups is 2. The minimum atomic E-state index is -0.788. The van der Waals surface area contributed by atoms with E-state index >= 15 is 0 Å². The van der Waals surface area contributed by atoms with Gasteiger partial charge >= 0.3 is 0 Å². The summed E-state index contributed by atoms with van der Waals surface area (Å²) in [7, 11) is 1.74. The zero-order chi connectivity index (χ0) is 29.3. The monoisotopic (exact) mass is 553 g/mol. The molecule has 0 saturated carbocycles. The van der Waals surface area contributed by atoms with Crippen molar-refractivity contribution < 1.29 is 9.59 Å². The number of aromatic nitrogens is 4. The molecular formula is C30H35N9O2. The summed E-state index contributed by atoms with van der Waals surface area (Å²) in [5.41, 5.74) is 17.3. The molecule has 11 nitrogen and oxygen atoms in total. The molecule has 0 spiro atoms. The molecule has 0 bridgehead atoms. The van der Waals surface area contributed by atoms with Crippen molar-refractivity contribution in [3.8, 4) is 6.07 Å². The van der Waals surface area contributed by atoms with Gasteiger partial charge in [-0.25, -0.2) is 0 Å². The SMILES string of the molecule is C=C(N)C1=CC2=C(CC1)C(C[C@H](C)NCC(=O)N1CC=C[C@H]1C#N)(c1nnn(C)n1)c1ccc(C(N)=O)cc1CC2. The molecule has 1 aromatic heterocycles. The Bertz CT molecular complexity index is 1540. The van der Waals surface area contributed by atoms with Crippen LogP contribution in [0.15, 0.2) is 65.4 Å². The van der Waals surface area contributed by atoms with Crippen molar-refractivity contribution >= 4 is 11.8 Å². The highest BCUT2D eigenvalue weighted by Crippen LogP contribution is 2.51. The Labute approximate surface area is 239 Å². The fraction of sp³-hybridized carbons (Fsp3) is 0.400. The van der Waals surface area contributed by atoms with E-state index in [2.05, 4.69) is 34.4 Å². The number of nitrogens with one attached hydrogen (secondary N) is 1. The molecule has 3 atom stereocenters. The van der Waals surface area contributed by atoms with Gasteiger partial charge in [0.05, 0.1) is 25.1 Å². The number of hydrogen-bond acceptors (Lipinski definition) is 8. The first-order valence-corrected chi connectivity index (χ1v) is 13.8. The quantitative estimate of drug-likeness (QED) is 0.415. The second-order valence-corrected chi connectivity index (χ2v) is 11.0. The average molecular weight is 554 g/mol. The normalized spacial score (nSPS) is 22.3. The highest BCUT2D eigenvalue weighted by Gasteiger charge is 2.47. The van der Waals surface area contributed by atoms with E-state index in [1.807, 2.05) is 25.1 Å². The Balaban J connectivity index is 1.59. The topological polar surface area (TPSA) is 169 Å². The minimum absolute atomic E-state index is 0.0847. The van der Waals surface area contributed by atoms with Gasteiger partial charge in [-0.1, -0.05) is 24.8 Å². The maximum atomic E-state index is 13.0. The Kier molecular flexibility index (Phi) is 7.60. The molecule has 0 radical (unpaired) electrons. The smallest absolute Gasteiger partial charge is 0.248 e. The zero-order valence-electron chi connectivity index (χ0n) is 23.4. The molecular weight excluding hydrogens is 518 g/mol. The molecule has 1 aliphatic heterocycles. The van der Waals surface area contributed by atoms with Crippen molar-refractivity contribution in [2.75, 3.05) is 13.1 Å². The number of carbonyl (C=O) groups excluding carboxylic acids is 2. The number of fused-ring (bicyclic) bond motifs is 1. The molecule has 2 amide bonds. The van der Waals surface area contributed by atoms with Crippen LogP contribution in [0, 0.1) is 11.3 Å². The van der Waals surface area contributed by atoms with E-state index in [-0.39, 0.29) is 18.5 Å². The molecule has 2 aliphatic carbocycles. The van der Waals surface area contributed by atoms with Crippen molar-refractivity contribution in [3.05, 3.63) is 87.9 Å². The van der Waals surface area contributed by atoms with Crippen LogP contribution in [-0.4, -0.2) is 62.1 Å². The van der Waals surface area contributed by atoms with Crippen molar-refractivity contribution in [3.63, 3.8) is 0 Å². The van der Waals surface area contributed by atoms with Gasteiger partial charge < -0.3 is 21.7 Å². The van der Waals surface area contributed by atoms with Gasteiger partial charge in [-0.15, -0.1) is 10.2 Å². The molecule has 1 unspecified atom stereocenters. The molecule has 3 aliphatic rings. The van der Waals surface area contributed by atoms with Gasteiger partial charge in [0.2, 0.25) is 11.8 Å². The van der Waals surface area contributed by atoms with Crippen molar-refractivity contribution in [1.82, 2.24) is 30.4 Å². The van der Waals surface area contributed by atoms with Crippen molar-refractivity contribution in [2.24, 2.45) is 18.5 Å². The predicted molar refractivity (Wildman–Crippen MR) is 153 cm³/mol. The van der Waals surface area contributed by atoms with Crippen LogP contribution in [0.4, 0.5) is 0 Å². The van der Waals surface area contributed by atoms with E-state index in [0.29, 0.717) is 36.5 Å². The van der Waals surface area contributed by atoms with Crippen LogP contribution in [0.5, 0.6) is 0 Å².